The Balaban J connectivity index is 0.693. The van der Waals surface area contributed by atoms with Gasteiger partial charge in [0.05, 0.1) is 64.0 Å². The van der Waals surface area contributed by atoms with E-state index >= 15 is 0 Å². The molecule has 19 heteroatoms. The molecule has 0 spiro atoms. The zero-order chi connectivity index (χ0) is 56.3. The molecule has 80 heavy (non-hydrogen) atoms. The zero-order valence-corrected chi connectivity index (χ0v) is 46.3. The van der Waals surface area contributed by atoms with Gasteiger partial charge in [0, 0.05) is 94.2 Å². The number of hydrogen-bond acceptors (Lipinski definition) is 15. The first kappa shape index (κ1) is 59.6. The third-order valence-corrected chi connectivity index (χ3v) is 13.5. The lowest BCUT2D eigenvalue weighted by molar-refractivity contribution is -0.132. The van der Waals surface area contributed by atoms with Crippen LogP contribution in [-0.2, 0) is 48.0 Å². The average molecular weight is 1090 g/mol. The lowest BCUT2D eigenvalue weighted by atomic mass is 10.0. The molecule has 6 aromatic rings. The molecular formula is C61H74N12O7. The maximum Gasteiger partial charge on any atom is 0.251 e. The number of benzene rings is 5. The normalized spacial score (nSPS) is 12.6. The van der Waals surface area contributed by atoms with Crippen LogP contribution in [0.4, 0.5) is 22.7 Å². The second kappa shape index (κ2) is 32.1. The lowest BCUT2D eigenvalue weighted by Gasteiger charge is -2.36. The van der Waals surface area contributed by atoms with Gasteiger partial charge in [0.15, 0.2) is 5.82 Å². The zero-order valence-electron chi connectivity index (χ0n) is 46.3. The summed E-state index contributed by atoms with van der Waals surface area (Å²) in [6, 6.07) is 38.3. The van der Waals surface area contributed by atoms with Crippen molar-refractivity contribution in [3.05, 3.63) is 162 Å². The molecule has 5 aromatic carbocycles. The number of nitrogens with zero attached hydrogens (tertiary/aromatic N) is 10. The maximum absolute atomic E-state index is 13.6. The van der Waals surface area contributed by atoms with Crippen LogP contribution in [0.2, 0.25) is 0 Å². The van der Waals surface area contributed by atoms with E-state index in [1.54, 1.807) is 42.2 Å². The standard InChI is InChI=1S/C61H74N12O7/c1-5-48-12-8-9-14-52(48)45-73(56-15-11-10-13-49(56)6-2)58(75)29-28-57(74)62-30-38-78-40-42-80-43-41-79-39-31-63-61(77)51-20-22-53(23-21-51)66-67-54-24-26-55(27-25-54)71(7-3)35-32-70-33-36-72(37-34-70)59(76)44-47-16-18-50(19-17-47)60-68-64-46(4)65-69-60/h5,8-27H,1,6-7,28-45H2,2-4H3,(H,62,74)(H,63,77)/b67-66+. The van der Waals surface area contributed by atoms with Gasteiger partial charge in [-0.05, 0) is 97.1 Å². The van der Waals surface area contributed by atoms with Crippen molar-refractivity contribution in [1.82, 2.24) is 40.8 Å². The van der Waals surface area contributed by atoms with Crippen molar-refractivity contribution in [2.75, 3.05) is 108 Å². The molecule has 420 valence electrons. The molecule has 2 N–H and O–H groups in total. The fraction of sp³-hybridized carbons (Fsp3) is 0.377. The predicted molar refractivity (Wildman–Crippen MR) is 310 cm³/mol. The number of nitrogens with one attached hydrogen (secondary N) is 2. The van der Waals surface area contributed by atoms with Crippen molar-refractivity contribution >= 4 is 52.5 Å². The molecule has 4 amide bonds. The van der Waals surface area contributed by atoms with Gasteiger partial charge < -0.3 is 39.5 Å². The third kappa shape index (κ3) is 18.8. The number of rotatable bonds is 31. The number of aryl methyl sites for hydroxylation is 2. The van der Waals surface area contributed by atoms with Crippen molar-refractivity contribution < 1.29 is 33.4 Å². The molecule has 1 aliphatic heterocycles. The summed E-state index contributed by atoms with van der Waals surface area (Å²) in [6.07, 6.45) is 3.05. The second-order valence-corrected chi connectivity index (χ2v) is 19.0. The Morgan fingerprint density at radius 3 is 1.91 bits per heavy atom. The molecule has 0 saturated carbocycles. The van der Waals surface area contributed by atoms with Crippen molar-refractivity contribution in [3.8, 4) is 11.4 Å². The van der Waals surface area contributed by atoms with E-state index in [0.717, 1.165) is 84.0 Å². The molecule has 19 nitrogen and oxygen atoms in total. The quantitative estimate of drug-likeness (QED) is 0.0313. The number of hydrogen-bond donors (Lipinski definition) is 2. The third-order valence-electron chi connectivity index (χ3n) is 13.5. The largest absolute Gasteiger partial charge is 0.377 e. The molecule has 0 bridgehead atoms. The Hall–Kier alpha value is -8.10. The molecule has 0 atom stereocenters. The highest BCUT2D eigenvalue weighted by atomic mass is 16.5. The van der Waals surface area contributed by atoms with E-state index in [2.05, 4.69) is 83.6 Å². The monoisotopic (exact) mass is 1090 g/mol. The summed E-state index contributed by atoms with van der Waals surface area (Å²) in [5.41, 5.74) is 8.56. The number of piperazine rings is 1. The molecule has 1 saturated heterocycles. The van der Waals surface area contributed by atoms with Crippen LogP contribution in [-0.4, -0.2) is 152 Å². The minimum absolute atomic E-state index is 0.0670. The fourth-order valence-electron chi connectivity index (χ4n) is 8.95. The number of carbonyl (C=O) groups is 4. The average Bonchev–Trinajstić information content (AvgIpc) is 3.51. The van der Waals surface area contributed by atoms with Crippen molar-refractivity contribution in [2.45, 2.75) is 53.0 Å². The summed E-state index contributed by atoms with van der Waals surface area (Å²) in [7, 11) is 0. The number of likely N-dealkylation sites (N-methyl/N-ethyl adjacent to an activating group) is 1. The van der Waals surface area contributed by atoms with Gasteiger partial charge in [-0.25, -0.2) is 0 Å². The fourth-order valence-corrected chi connectivity index (χ4v) is 8.95. The molecule has 1 aromatic heterocycles. The highest BCUT2D eigenvalue weighted by Crippen LogP contribution is 2.27. The van der Waals surface area contributed by atoms with Crippen molar-refractivity contribution in [1.29, 1.82) is 0 Å². The van der Waals surface area contributed by atoms with E-state index in [4.69, 9.17) is 14.2 Å². The Labute approximate surface area is 469 Å². The van der Waals surface area contributed by atoms with Crippen LogP contribution >= 0.6 is 0 Å². The van der Waals surface area contributed by atoms with Crippen LogP contribution in [0.1, 0.15) is 65.1 Å². The van der Waals surface area contributed by atoms with Gasteiger partial charge in [0.2, 0.25) is 23.5 Å². The first-order chi connectivity index (χ1) is 39.1. The van der Waals surface area contributed by atoms with Gasteiger partial charge in [-0.15, -0.1) is 20.4 Å². The van der Waals surface area contributed by atoms with E-state index < -0.39 is 0 Å². The number of anilines is 2. The summed E-state index contributed by atoms with van der Waals surface area (Å²) in [5.74, 6) is 0.544. The minimum Gasteiger partial charge on any atom is -0.377 e. The summed E-state index contributed by atoms with van der Waals surface area (Å²) in [5, 5.41) is 30.6. The first-order valence-corrected chi connectivity index (χ1v) is 27.5. The second-order valence-electron chi connectivity index (χ2n) is 19.0. The van der Waals surface area contributed by atoms with E-state index in [1.807, 2.05) is 89.8 Å². The van der Waals surface area contributed by atoms with E-state index in [1.165, 1.54) is 0 Å². The topological polar surface area (TPSA) is 209 Å². The van der Waals surface area contributed by atoms with Gasteiger partial charge in [-0.2, -0.15) is 10.2 Å². The molecule has 0 aliphatic carbocycles. The van der Waals surface area contributed by atoms with Crippen LogP contribution in [0.25, 0.3) is 17.5 Å². The van der Waals surface area contributed by atoms with Crippen LogP contribution in [0.15, 0.2) is 138 Å². The smallest absolute Gasteiger partial charge is 0.251 e. The SMILES string of the molecule is C=Cc1ccccc1CN(C(=O)CCC(=O)NCCOCCOCCOCCNC(=O)c1ccc(/N=N/c2ccc(N(CC)CCN3CCN(C(=O)Cc4ccc(-c5nnc(C)nn5)cc4)CC3)cc2)cc1)c1ccccc1CC. The number of amides is 4. The number of carbonyl (C=O) groups excluding carboxylic acids is 4. The summed E-state index contributed by atoms with van der Waals surface area (Å²) >= 11 is 0. The number of para-hydroxylation sites is 1. The summed E-state index contributed by atoms with van der Waals surface area (Å²) < 4.78 is 16.8. The van der Waals surface area contributed by atoms with Gasteiger partial charge in [0.1, 0.15) is 0 Å². The van der Waals surface area contributed by atoms with Gasteiger partial charge >= 0.3 is 0 Å². The summed E-state index contributed by atoms with van der Waals surface area (Å²) in [4.78, 5) is 60.6. The first-order valence-electron chi connectivity index (χ1n) is 27.5. The van der Waals surface area contributed by atoms with Gasteiger partial charge in [-0.3, -0.25) is 24.1 Å². The molecule has 2 heterocycles. The van der Waals surface area contributed by atoms with Gasteiger partial charge in [0.25, 0.3) is 5.91 Å². The Morgan fingerprint density at radius 2 is 1.27 bits per heavy atom. The van der Waals surface area contributed by atoms with Crippen LogP contribution in [0.5, 0.6) is 0 Å². The lowest BCUT2D eigenvalue weighted by Crippen LogP contribution is -2.50. The minimum atomic E-state index is -0.217. The van der Waals surface area contributed by atoms with E-state index in [9.17, 15) is 19.2 Å². The maximum atomic E-state index is 13.6. The van der Waals surface area contributed by atoms with Crippen LogP contribution in [0.3, 0.4) is 0 Å². The van der Waals surface area contributed by atoms with Crippen LogP contribution in [0, 0.1) is 6.92 Å². The highest BCUT2D eigenvalue weighted by Gasteiger charge is 2.23. The van der Waals surface area contributed by atoms with Crippen LogP contribution < -0.4 is 20.4 Å². The molecule has 1 fully saturated rings. The molecular weight excluding hydrogens is 1010 g/mol. The Bertz CT molecular complexity index is 2930. The Kier molecular flexibility index (Phi) is 23.9. The number of azo groups is 1. The predicted octanol–water partition coefficient (Wildman–Crippen LogP) is 7.99. The van der Waals surface area contributed by atoms with E-state index in [-0.39, 0.29) is 36.5 Å². The highest BCUT2D eigenvalue weighted by molar-refractivity contribution is 5.96. The van der Waals surface area contributed by atoms with Crippen molar-refractivity contribution in [2.24, 2.45) is 10.2 Å². The summed E-state index contributed by atoms with van der Waals surface area (Å²) in [6.45, 7) is 18.7. The number of aromatic nitrogens is 4. The van der Waals surface area contributed by atoms with Crippen molar-refractivity contribution in [3.63, 3.8) is 0 Å². The van der Waals surface area contributed by atoms with Gasteiger partial charge in [-0.1, -0.05) is 86.3 Å². The Morgan fingerprint density at radius 1 is 0.675 bits per heavy atom. The number of ether oxygens (including phenoxy) is 3. The molecule has 0 unspecified atom stereocenters. The van der Waals surface area contributed by atoms with E-state index in [0.29, 0.717) is 102 Å². The molecule has 7 rings (SSSR count). The molecule has 0 radical (unpaired) electrons. The molecule has 1 aliphatic rings.